The van der Waals surface area contributed by atoms with Crippen LogP contribution in [0.4, 0.5) is 4.39 Å². The van der Waals surface area contributed by atoms with Gasteiger partial charge in [0.1, 0.15) is 5.82 Å². The summed E-state index contributed by atoms with van der Waals surface area (Å²) in [6, 6.07) is 5.04. The zero-order valence-corrected chi connectivity index (χ0v) is 10.3. The molecule has 1 aliphatic heterocycles. The molecule has 2 unspecified atom stereocenters. The Hall–Kier alpha value is -1.07. The highest BCUT2D eigenvalue weighted by Crippen LogP contribution is 2.29. The summed E-state index contributed by atoms with van der Waals surface area (Å²) in [7, 11) is 0. The molecule has 2 atom stereocenters. The van der Waals surface area contributed by atoms with Crippen LogP contribution in [0.3, 0.4) is 0 Å². The van der Waals surface area contributed by atoms with E-state index in [2.05, 4.69) is 5.32 Å². The van der Waals surface area contributed by atoms with Gasteiger partial charge < -0.3 is 10.4 Å². The number of rotatable bonds is 3. The Balaban J connectivity index is 2.14. The van der Waals surface area contributed by atoms with Crippen LogP contribution in [0.1, 0.15) is 18.0 Å². The third-order valence-corrected chi connectivity index (χ3v) is 3.83. The maximum absolute atomic E-state index is 13.6. The molecule has 1 fully saturated rings. The van der Waals surface area contributed by atoms with Crippen LogP contribution >= 0.6 is 11.8 Å². The van der Waals surface area contributed by atoms with Crippen molar-refractivity contribution in [2.45, 2.75) is 17.4 Å². The minimum Gasteiger partial charge on any atom is -0.481 e. The number of hydrogen-bond donors (Lipinski definition) is 2. The SMILES string of the molecule is CSc1ccc(C2CC(C(=O)O)CN2)cc1F. The van der Waals surface area contributed by atoms with Gasteiger partial charge in [0.2, 0.25) is 0 Å². The molecule has 1 aliphatic rings. The van der Waals surface area contributed by atoms with E-state index in [1.165, 1.54) is 17.8 Å². The largest absolute Gasteiger partial charge is 0.481 e. The molecule has 0 radical (unpaired) electrons. The quantitative estimate of drug-likeness (QED) is 0.814. The Labute approximate surface area is 103 Å². The number of halogens is 1. The lowest BCUT2D eigenvalue weighted by Gasteiger charge is -2.11. The smallest absolute Gasteiger partial charge is 0.307 e. The zero-order chi connectivity index (χ0) is 12.4. The van der Waals surface area contributed by atoms with E-state index in [0.29, 0.717) is 17.9 Å². The van der Waals surface area contributed by atoms with E-state index in [1.807, 2.05) is 12.3 Å². The van der Waals surface area contributed by atoms with E-state index in [4.69, 9.17) is 5.11 Å². The first-order chi connectivity index (χ1) is 8.11. The molecule has 2 rings (SSSR count). The summed E-state index contributed by atoms with van der Waals surface area (Å²) >= 11 is 1.36. The van der Waals surface area contributed by atoms with Gasteiger partial charge in [-0.15, -0.1) is 11.8 Å². The number of carbonyl (C=O) groups is 1. The predicted molar refractivity (Wildman–Crippen MR) is 64.7 cm³/mol. The Bertz CT molecular complexity index is 439. The number of nitrogens with one attached hydrogen (secondary N) is 1. The van der Waals surface area contributed by atoms with Gasteiger partial charge >= 0.3 is 5.97 Å². The molecule has 1 aromatic rings. The second-order valence-electron chi connectivity index (χ2n) is 4.13. The number of carboxylic acids is 1. The molecule has 0 aromatic heterocycles. The molecule has 0 bridgehead atoms. The van der Waals surface area contributed by atoms with Crippen molar-refractivity contribution in [1.29, 1.82) is 0 Å². The van der Waals surface area contributed by atoms with Gasteiger partial charge in [-0.25, -0.2) is 4.39 Å². The fraction of sp³-hybridized carbons (Fsp3) is 0.417. The molecule has 0 aliphatic carbocycles. The normalized spacial score (nSPS) is 23.9. The summed E-state index contributed by atoms with van der Waals surface area (Å²) in [6.07, 6.45) is 2.35. The van der Waals surface area contributed by atoms with E-state index in [0.717, 1.165) is 5.56 Å². The molecule has 0 amide bonds. The van der Waals surface area contributed by atoms with Crippen LogP contribution < -0.4 is 5.32 Å². The third kappa shape index (κ3) is 2.61. The fourth-order valence-corrected chi connectivity index (χ4v) is 2.54. The summed E-state index contributed by atoms with van der Waals surface area (Å²) in [5.74, 6) is -1.40. The van der Waals surface area contributed by atoms with Crippen molar-refractivity contribution in [2.24, 2.45) is 5.92 Å². The van der Waals surface area contributed by atoms with Gasteiger partial charge in [0.25, 0.3) is 0 Å². The molecule has 0 saturated carbocycles. The van der Waals surface area contributed by atoms with Crippen LogP contribution in [0.25, 0.3) is 0 Å². The molecule has 1 heterocycles. The Morgan fingerprint density at radius 2 is 2.35 bits per heavy atom. The van der Waals surface area contributed by atoms with Crippen molar-refractivity contribution in [2.75, 3.05) is 12.8 Å². The number of hydrogen-bond acceptors (Lipinski definition) is 3. The first-order valence-corrected chi connectivity index (χ1v) is 6.64. The van der Waals surface area contributed by atoms with Crippen LogP contribution in [-0.4, -0.2) is 23.9 Å². The van der Waals surface area contributed by atoms with Gasteiger partial charge in [-0.3, -0.25) is 4.79 Å². The maximum atomic E-state index is 13.6. The van der Waals surface area contributed by atoms with Crippen molar-refractivity contribution < 1.29 is 14.3 Å². The fourth-order valence-electron chi connectivity index (χ4n) is 2.08. The van der Waals surface area contributed by atoms with Gasteiger partial charge in [0, 0.05) is 17.5 Å². The third-order valence-electron chi connectivity index (χ3n) is 3.06. The highest BCUT2D eigenvalue weighted by molar-refractivity contribution is 7.98. The van der Waals surface area contributed by atoms with Crippen molar-refractivity contribution >= 4 is 17.7 Å². The average Bonchev–Trinajstić information content (AvgIpc) is 2.78. The average molecular weight is 255 g/mol. The van der Waals surface area contributed by atoms with E-state index >= 15 is 0 Å². The lowest BCUT2D eigenvalue weighted by Crippen LogP contribution is -2.17. The van der Waals surface area contributed by atoms with Crippen molar-refractivity contribution in [3.8, 4) is 0 Å². The number of carboxylic acid groups (broad SMARTS) is 1. The zero-order valence-electron chi connectivity index (χ0n) is 9.44. The summed E-state index contributed by atoms with van der Waals surface area (Å²) in [4.78, 5) is 11.4. The number of aliphatic carboxylic acids is 1. The van der Waals surface area contributed by atoms with Crippen LogP contribution in [0.2, 0.25) is 0 Å². The summed E-state index contributed by atoms with van der Waals surface area (Å²) in [5, 5.41) is 12.0. The number of benzene rings is 1. The van der Waals surface area contributed by atoms with Gasteiger partial charge in [0.15, 0.2) is 0 Å². The Kier molecular flexibility index (Phi) is 3.69. The van der Waals surface area contributed by atoms with Gasteiger partial charge in [-0.2, -0.15) is 0 Å². The number of thioether (sulfide) groups is 1. The van der Waals surface area contributed by atoms with E-state index in [9.17, 15) is 9.18 Å². The van der Waals surface area contributed by atoms with Crippen molar-refractivity contribution in [1.82, 2.24) is 5.32 Å². The van der Waals surface area contributed by atoms with E-state index in [-0.39, 0.29) is 17.8 Å². The van der Waals surface area contributed by atoms with E-state index < -0.39 is 5.97 Å². The molecule has 5 heteroatoms. The highest BCUT2D eigenvalue weighted by Gasteiger charge is 2.30. The molecular weight excluding hydrogens is 241 g/mol. The monoisotopic (exact) mass is 255 g/mol. The van der Waals surface area contributed by atoms with Crippen LogP contribution in [0.15, 0.2) is 23.1 Å². The molecule has 1 saturated heterocycles. The molecule has 1 aromatic carbocycles. The first kappa shape index (κ1) is 12.4. The van der Waals surface area contributed by atoms with Crippen molar-refractivity contribution in [3.63, 3.8) is 0 Å². The second kappa shape index (κ2) is 5.06. The molecular formula is C12H14FNO2S. The minimum absolute atomic E-state index is 0.0542. The topological polar surface area (TPSA) is 49.3 Å². The molecule has 0 spiro atoms. The van der Waals surface area contributed by atoms with Gasteiger partial charge in [-0.05, 0) is 30.4 Å². The predicted octanol–water partition coefficient (Wildman–Crippen LogP) is 2.28. The maximum Gasteiger partial charge on any atom is 0.307 e. The van der Waals surface area contributed by atoms with E-state index in [1.54, 1.807) is 6.07 Å². The Morgan fingerprint density at radius 1 is 1.59 bits per heavy atom. The highest BCUT2D eigenvalue weighted by atomic mass is 32.2. The first-order valence-electron chi connectivity index (χ1n) is 5.41. The summed E-state index contributed by atoms with van der Waals surface area (Å²) in [6.45, 7) is 0.450. The van der Waals surface area contributed by atoms with Crippen LogP contribution in [0.5, 0.6) is 0 Å². The van der Waals surface area contributed by atoms with Crippen LogP contribution in [-0.2, 0) is 4.79 Å². The molecule has 92 valence electrons. The lowest BCUT2D eigenvalue weighted by molar-refractivity contribution is -0.141. The summed E-state index contributed by atoms with van der Waals surface area (Å²) < 4.78 is 13.6. The van der Waals surface area contributed by atoms with Gasteiger partial charge in [0.05, 0.1) is 5.92 Å². The van der Waals surface area contributed by atoms with Crippen molar-refractivity contribution in [3.05, 3.63) is 29.6 Å². The Morgan fingerprint density at radius 3 is 2.88 bits per heavy atom. The lowest BCUT2D eigenvalue weighted by atomic mass is 10.0. The standard InChI is InChI=1S/C12H14FNO2S/c1-17-11-3-2-7(4-9(11)13)10-5-8(6-14-10)12(15)16/h2-4,8,10,14H,5-6H2,1H3,(H,15,16). The minimum atomic E-state index is -0.791. The second-order valence-corrected chi connectivity index (χ2v) is 4.97. The molecule has 3 nitrogen and oxygen atoms in total. The molecule has 17 heavy (non-hydrogen) atoms. The van der Waals surface area contributed by atoms with Gasteiger partial charge in [-0.1, -0.05) is 6.07 Å². The van der Waals surface area contributed by atoms with Crippen LogP contribution in [0, 0.1) is 11.7 Å². The molecule has 2 N–H and O–H groups in total. The summed E-state index contributed by atoms with van der Waals surface area (Å²) in [5.41, 5.74) is 0.823.